The molecule has 24 heavy (non-hydrogen) atoms. The van der Waals surface area contributed by atoms with Crippen LogP contribution in [-0.4, -0.2) is 26.5 Å². The Hall–Kier alpha value is -1.00. The second-order valence-corrected chi connectivity index (χ2v) is 13.0. The molecule has 0 amide bonds. The van der Waals surface area contributed by atoms with Crippen LogP contribution in [0, 0.1) is 11.8 Å². The van der Waals surface area contributed by atoms with Crippen LogP contribution < -0.4 is 0 Å². The van der Waals surface area contributed by atoms with Crippen molar-refractivity contribution in [2.24, 2.45) is 11.8 Å². The van der Waals surface area contributed by atoms with Crippen LogP contribution in [0.4, 0.5) is 0 Å². The summed E-state index contributed by atoms with van der Waals surface area (Å²) < 4.78 is 6.43. The van der Waals surface area contributed by atoms with Crippen molar-refractivity contribution in [2.45, 2.75) is 78.6 Å². The van der Waals surface area contributed by atoms with E-state index in [-0.39, 0.29) is 28.8 Å². The molecular weight excluding hydrogens is 316 g/mol. The average Bonchev–Trinajstić information content (AvgIpc) is 2.45. The highest BCUT2D eigenvalue weighted by molar-refractivity contribution is 6.74. The summed E-state index contributed by atoms with van der Waals surface area (Å²) in [7, 11) is -1.95. The Kier molecular flexibility index (Phi) is 9.67. The molecule has 0 rings (SSSR count). The second-order valence-electron chi connectivity index (χ2n) is 8.25. The van der Waals surface area contributed by atoms with E-state index in [0.29, 0.717) is 12.8 Å². The highest BCUT2D eigenvalue weighted by Gasteiger charge is 2.39. The predicted molar refractivity (Wildman–Crippen MR) is 105 cm³/mol. The van der Waals surface area contributed by atoms with Gasteiger partial charge in [0.2, 0.25) is 0 Å². The van der Waals surface area contributed by atoms with Crippen molar-refractivity contribution >= 4 is 20.4 Å². The SMILES string of the molecule is C/C=C/C=C/C(CC(=O)[C@@H](C)C[C@@H](C)C=O)O[Si](C)(C)C(C)(C)C. The van der Waals surface area contributed by atoms with Gasteiger partial charge in [0.1, 0.15) is 12.1 Å². The van der Waals surface area contributed by atoms with Crippen LogP contribution in [0.3, 0.4) is 0 Å². The molecule has 0 aliphatic carbocycles. The third-order valence-corrected chi connectivity index (χ3v) is 9.30. The standard InChI is InChI=1S/C20H36O3Si/c1-9-10-11-12-18(23-24(7,8)20(4,5)6)14-19(22)17(3)13-16(2)15-21/h9-12,15-18H,13-14H2,1-8H3/b10-9+,12-11+/t16-,17+,18?/m1/s1. The van der Waals surface area contributed by atoms with Crippen molar-refractivity contribution in [1.82, 2.24) is 0 Å². The van der Waals surface area contributed by atoms with Crippen LogP contribution in [0.5, 0.6) is 0 Å². The zero-order valence-corrected chi connectivity index (χ0v) is 17.8. The van der Waals surface area contributed by atoms with Crippen LogP contribution in [0.2, 0.25) is 18.1 Å². The Morgan fingerprint density at radius 3 is 2.21 bits per heavy atom. The molecule has 138 valence electrons. The maximum absolute atomic E-state index is 12.5. The number of carbonyl (C=O) groups is 2. The number of rotatable bonds is 10. The molecule has 0 aromatic carbocycles. The van der Waals surface area contributed by atoms with Gasteiger partial charge in [0.05, 0.1) is 6.10 Å². The largest absolute Gasteiger partial charge is 0.410 e. The van der Waals surface area contributed by atoms with Gasteiger partial charge in [-0.25, -0.2) is 0 Å². The number of carbonyl (C=O) groups excluding carboxylic acids is 2. The second kappa shape index (κ2) is 10.1. The lowest BCUT2D eigenvalue weighted by molar-refractivity contribution is -0.124. The number of allylic oxidation sites excluding steroid dienone is 3. The number of Topliss-reactive ketones (excluding diaryl/α,β-unsaturated/α-hetero) is 1. The van der Waals surface area contributed by atoms with Crippen molar-refractivity contribution in [1.29, 1.82) is 0 Å². The number of hydrogen-bond acceptors (Lipinski definition) is 3. The van der Waals surface area contributed by atoms with E-state index < -0.39 is 8.32 Å². The van der Waals surface area contributed by atoms with E-state index in [1.54, 1.807) is 0 Å². The van der Waals surface area contributed by atoms with Gasteiger partial charge in [0, 0.05) is 18.3 Å². The van der Waals surface area contributed by atoms with Crippen LogP contribution in [0.1, 0.15) is 54.4 Å². The molecule has 0 N–H and O–H groups in total. The number of aldehydes is 1. The molecule has 0 fully saturated rings. The summed E-state index contributed by atoms with van der Waals surface area (Å²) in [5, 5.41) is 0.0976. The van der Waals surface area contributed by atoms with Gasteiger partial charge < -0.3 is 9.22 Å². The minimum atomic E-state index is -1.95. The molecule has 4 heteroatoms. The average molecular weight is 353 g/mol. The van der Waals surface area contributed by atoms with Gasteiger partial charge in [-0.2, -0.15) is 0 Å². The molecular formula is C20H36O3Si. The Bertz CT molecular complexity index is 458. The van der Waals surface area contributed by atoms with Gasteiger partial charge >= 0.3 is 0 Å². The summed E-state index contributed by atoms with van der Waals surface area (Å²) >= 11 is 0. The summed E-state index contributed by atoms with van der Waals surface area (Å²) in [6.07, 6.45) is 9.52. The van der Waals surface area contributed by atoms with Crippen LogP contribution in [-0.2, 0) is 14.0 Å². The fourth-order valence-electron chi connectivity index (χ4n) is 2.15. The van der Waals surface area contributed by atoms with E-state index in [1.807, 2.05) is 45.1 Å². The molecule has 3 atom stereocenters. The lowest BCUT2D eigenvalue weighted by Crippen LogP contribution is -2.44. The predicted octanol–water partition coefficient (Wildman–Crippen LogP) is 5.33. The van der Waals surface area contributed by atoms with Crippen LogP contribution >= 0.6 is 0 Å². The van der Waals surface area contributed by atoms with E-state index >= 15 is 0 Å². The molecule has 0 saturated heterocycles. The molecule has 0 radical (unpaired) electrons. The first-order valence-corrected chi connectivity index (χ1v) is 11.8. The molecule has 0 spiro atoms. The van der Waals surface area contributed by atoms with Gasteiger partial charge in [-0.3, -0.25) is 4.79 Å². The highest BCUT2D eigenvalue weighted by Crippen LogP contribution is 2.38. The Morgan fingerprint density at radius 1 is 1.17 bits per heavy atom. The molecule has 0 heterocycles. The summed E-state index contributed by atoms with van der Waals surface area (Å²) in [5.74, 6) is -0.0364. The maximum Gasteiger partial charge on any atom is 0.192 e. The minimum absolute atomic E-state index is 0.0812. The van der Waals surface area contributed by atoms with Crippen molar-refractivity contribution in [2.75, 3.05) is 0 Å². The van der Waals surface area contributed by atoms with Gasteiger partial charge in [-0.15, -0.1) is 0 Å². The van der Waals surface area contributed by atoms with Gasteiger partial charge in [-0.05, 0) is 31.5 Å². The van der Waals surface area contributed by atoms with Crippen molar-refractivity contribution < 1.29 is 14.0 Å². The van der Waals surface area contributed by atoms with Crippen molar-refractivity contribution in [3.05, 3.63) is 24.3 Å². The fraction of sp³-hybridized carbons (Fsp3) is 0.700. The van der Waals surface area contributed by atoms with Crippen LogP contribution in [0.25, 0.3) is 0 Å². The normalized spacial score (nSPS) is 17.2. The first-order valence-electron chi connectivity index (χ1n) is 8.90. The smallest absolute Gasteiger partial charge is 0.192 e. The third kappa shape index (κ3) is 8.20. The zero-order chi connectivity index (χ0) is 19.0. The number of hydrogen-bond donors (Lipinski definition) is 0. The highest BCUT2D eigenvalue weighted by atomic mass is 28.4. The van der Waals surface area contributed by atoms with Crippen LogP contribution in [0.15, 0.2) is 24.3 Å². The Balaban J connectivity index is 5.09. The summed E-state index contributed by atoms with van der Waals surface area (Å²) in [5.41, 5.74) is 0. The first-order chi connectivity index (χ1) is 10.9. The topological polar surface area (TPSA) is 43.4 Å². The Labute approximate surface area is 149 Å². The quantitative estimate of drug-likeness (QED) is 0.303. The molecule has 0 aromatic rings. The third-order valence-electron chi connectivity index (χ3n) is 4.79. The molecule has 0 saturated carbocycles. The fourth-order valence-corrected chi connectivity index (χ4v) is 3.42. The molecule has 0 aromatic heterocycles. The zero-order valence-electron chi connectivity index (χ0n) is 16.8. The lowest BCUT2D eigenvalue weighted by Gasteiger charge is -2.38. The molecule has 1 unspecified atom stereocenters. The lowest BCUT2D eigenvalue weighted by atomic mass is 9.92. The van der Waals surface area contributed by atoms with E-state index in [4.69, 9.17) is 4.43 Å². The molecule has 0 aliphatic heterocycles. The van der Waals surface area contributed by atoms with Gasteiger partial charge in [0.15, 0.2) is 8.32 Å². The summed E-state index contributed by atoms with van der Waals surface area (Å²) in [6, 6.07) is 0. The maximum atomic E-state index is 12.5. The summed E-state index contributed by atoms with van der Waals surface area (Å²) in [6.45, 7) is 16.7. The molecule has 0 aliphatic rings. The van der Waals surface area contributed by atoms with Crippen molar-refractivity contribution in [3.63, 3.8) is 0 Å². The van der Waals surface area contributed by atoms with Gasteiger partial charge in [-0.1, -0.05) is 58.9 Å². The first kappa shape index (κ1) is 23.0. The molecule has 3 nitrogen and oxygen atoms in total. The van der Waals surface area contributed by atoms with E-state index in [2.05, 4.69) is 33.9 Å². The Morgan fingerprint density at radius 2 is 1.75 bits per heavy atom. The number of ketones is 1. The van der Waals surface area contributed by atoms with Gasteiger partial charge in [0.25, 0.3) is 0 Å². The molecule has 0 bridgehead atoms. The van der Waals surface area contributed by atoms with E-state index in [9.17, 15) is 9.59 Å². The minimum Gasteiger partial charge on any atom is -0.410 e. The monoisotopic (exact) mass is 352 g/mol. The van der Waals surface area contributed by atoms with Crippen molar-refractivity contribution in [3.8, 4) is 0 Å². The summed E-state index contributed by atoms with van der Waals surface area (Å²) in [4.78, 5) is 23.3. The van der Waals surface area contributed by atoms with E-state index in [0.717, 1.165) is 6.29 Å². The van der Waals surface area contributed by atoms with E-state index in [1.165, 1.54) is 0 Å².